The number of aryl methyl sites for hydroxylation is 1. The first-order valence-electron chi connectivity index (χ1n) is 4.76. The number of hydrogen-bond donors (Lipinski definition) is 1. The molecule has 0 aliphatic rings. The van der Waals surface area contributed by atoms with Gasteiger partial charge in [0.1, 0.15) is 10.9 Å². The van der Waals surface area contributed by atoms with E-state index >= 15 is 0 Å². The monoisotopic (exact) mass is 270 g/mol. The van der Waals surface area contributed by atoms with E-state index in [0.29, 0.717) is 5.69 Å². The van der Waals surface area contributed by atoms with Crippen LogP contribution in [0.2, 0.25) is 0 Å². The van der Waals surface area contributed by atoms with Crippen molar-refractivity contribution in [3.05, 3.63) is 18.0 Å². The van der Waals surface area contributed by atoms with E-state index in [1.165, 1.54) is 23.8 Å². The molecule has 0 aromatic carbocycles. The zero-order chi connectivity index (χ0) is 13.4. The highest BCUT2D eigenvalue weighted by atomic mass is 32.2. The van der Waals surface area contributed by atoms with Crippen molar-refractivity contribution in [3.63, 3.8) is 0 Å². The Morgan fingerprint density at radius 1 is 1.41 bits per heavy atom. The Hall–Kier alpha value is -1.02. The van der Waals surface area contributed by atoms with Crippen molar-refractivity contribution in [2.45, 2.75) is 31.0 Å². The largest absolute Gasteiger partial charge is 0.404 e. The third kappa shape index (κ3) is 3.01. The number of aromatic nitrogens is 1. The van der Waals surface area contributed by atoms with E-state index in [-0.39, 0.29) is 4.90 Å². The molecule has 1 rings (SSSR count). The molecule has 0 fully saturated rings. The van der Waals surface area contributed by atoms with Crippen molar-refractivity contribution in [2.24, 2.45) is 7.05 Å². The summed E-state index contributed by atoms with van der Waals surface area (Å²) in [6.07, 6.45) is -3.13. The van der Waals surface area contributed by atoms with E-state index in [0.717, 1.165) is 6.92 Å². The molecule has 0 bridgehead atoms. The summed E-state index contributed by atoms with van der Waals surface area (Å²) >= 11 is 0. The van der Waals surface area contributed by atoms with Gasteiger partial charge in [-0.25, -0.2) is 8.42 Å². The van der Waals surface area contributed by atoms with Crippen LogP contribution in [0, 0.1) is 6.92 Å². The lowest BCUT2D eigenvalue weighted by Gasteiger charge is -2.17. The van der Waals surface area contributed by atoms with Gasteiger partial charge in [0.2, 0.25) is 10.0 Å². The fourth-order valence-electron chi connectivity index (χ4n) is 1.23. The lowest BCUT2D eigenvalue weighted by atomic mass is 10.4. The Morgan fingerprint density at radius 2 is 1.94 bits per heavy atom. The Morgan fingerprint density at radius 3 is 2.29 bits per heavy atom. The molecule has 1 unspecified atom stereocenters. The van der Waals surface area contributed by atoms with Gasteiger partial charge < -0.3 is 4.57 Å². The fraction of sp³-hybridized carbons (Fsp3) is 0.556. The Bertz CT molecular complexity index is 505. The van der Waals surface area contributed by atoms with Gasteiger partial charge in [-0.2, -0.15) is 17.9 Å². The molecule has 0 saturated heterocycles. The molecule has 0 amide bonds. The predicted octanol–water partition coefficient (Wildman–Crippen LogP) is 1.56. The van der Waals surface area contributed by atoms with Crippen LogP contribution in [0.4, 0.5) is 13.2 Å². The summed E-state index contributed by atoms with van der Waals surface area (Å²) < 4.78 is 63.3. The quantitative estimate of drug-likeness (QED) is 0.906. The number of nitrogens with zero attached hydrogens (tertiary/aromatic N) is 1. The minimum absolute atomic E-state index is 0.142. The zero-order valence-corrected chi connectivity index (χ0v) is 10.4. The van der Waals surface area contributed by atoms with Gasteiger partial charge in [0.15, 0.2) is 0 Å². The van der Waals surface area contributed by atoms with Gasteiger partial charge in [0.05, 0.1) is 0 Å². The average molecular weight is 270 g/mol. The summed E-state index contributed by atoms with van der Waals surface area (Å²) in [5.74, 6) is 0. The maximum absolute atomic E-state index is 12.3. The molecule has 1 aromatic rings. The molecule has 8 heteroatoms. The van der Waals surface area contributed by atoms with Gasteiger partial charge in [0.25, 0.3) is 0 Å². The SMILES string of the molecule is Cc1c(S(=O)(=O)NC(C)C(F)(F)F)ccn1C. The highest BCUT2D eigenvalue weighted by molar-refractivity contribution is 7.89. The molecule has 0 radical (unpaired) electrons. The topological polar surface area (TPSA) is 51.1 Å². The fourth-order valence-corrected chi connectivity index (χ4v) is 2.73. The Balaban J connectivity index is 3.02. The summed E-state index contributed by atoms with van der Waals surface area (Å²) in [6, 6.07) is -0.854. The number of nitrogens with one attached hydrogen (secondary N) is 1. The van der Waals surface area contributed by atoms with Gasteiger partial charge in [-0.1, -0.05) is 0 Å². The lowest BCUT2D eigenvalue weighted by molar-refractivity contribution is -0.147. The zero-order valence-electron chi connectivity index (χ0n) is 9.54. The minimum Gasteiger partial charge on any atom is -0.353 e. The van der Waals surface area contributed by atoms with Crippen LogP contribution in [0.25, 0.3) is 0 Å². The van der Waals surface area contributed by atoms with Crippen LogP contribution in [0.3, 0.4) is 0 Å². The van der Waals surface area contributed by atoms with Gasteiger partial charge in [-0.05, 0) is 19.9 Å². The van der Waals surface area contributed by atoms with Crippen LogP contribution in [-0.2, 0) is 17.1 Å². The molecule has 0 saturated carbocycles. The molecule has 17 heavy (non-hydrogen) atoms. The van der Waals surface area contributed by atoms with Crippen LogP contribution < -0.4 is 4.72 Å². The molecule has 0 spiro atoms. The Kier molecular flexibility index (Phi) is 3.58. The second-order valence-corrected chi connectivity index (χ2v) is 5.44. The van der Waals surface area contributed by atoms with Crippen molar-refractivity contribution in [1.82, 2.24) is 9.29 Å². The first-order valence-corrected chi connectivity index (χ1v) is 6.25. The summed E-state index contributed by atoms with van der Waals surface area (Å²) in [4.78, 5) is -0.142. The van der Waals surface area contributed by atoms with E-state index in [9.17, 15) is 21.6 Å². The molecule has 1 atom stereocenters. The third-order valence-electron chi connectivity index (χ3n) is 2.45. The number of sulfonamides is 1. The first kappa shape index (κ1) is 14.0. The van der Waals surface area contributed by atoms with Crippen LogP contribution in [0.1, 0.15) is 12.6 Å². The van der Waals surface area contributed by atoms with Gasteiger partial charge in [0, 0.05) is 18.9 Å². The van der Waals surface area contributed by atoms with Crippen LogP contribution >= 0.6 is 0 Å². The number of alkyl halides is 3. The highest BCUT2D eigenvalue weighted by Crippen LogP contribution is 2.22. The van der Waals surface area contributed by atoms with Crippen molar-refractivity contribution in [3.8, 4) is 0 Å². The normalized spacial score (nSPS) is 14.9. The van der Waals surface area contributed by atoms with Crippen molar-refractivity contribution >= 4 is 10.0 Å². The molecular formula is C9H13F3N2O2S. The molecule has 1 N–H and O–H groups in total. The van der Waals surface area contributed by atoms with E-state index in [1.54, 1.807) is 11.8 Å². The third-order valence-corrected chi connectivity index (χ3v) is 4.12. The van der Waals surface area contributed by atoms with Crippen LogP contribution in [-0.4, -0.2) is 25.2 Å². The molecule has 0 aliphatic heterocycles. The van der Waals surface area contributed by atoms with Gasteiger partial charge >= 0.3 is 6.18 Å². The first-order chi connectivity index (χ1) is 7.55. The second kappa shape index (κ2) is 4.34. The standard InChI is InChI=1S/C9H13F3N2O2S/c1-6-8(4-5-14(6)3)17(15,16)13-7(2)9(10,11)12/h4-5,7,13H,1-3H3. The van der Waals surface area contributed by atoms with Crippen molar-refractivity contribution in [2.75, 3.05) is 0 Å². The van der Waals surface area contributed by atoms with Crippen molar-refractivity contribution < 1.29 is 21.6 Å². The summed E-state index contributed by atoms with van der Waals surface area (Å²) in [6.45, 7) is 2.28. The van der Waals surface area contributed by atoms with Crippen molar-refractivity contribution in [1.29, 1.82) is 0 Å². The maximum Gasteiger partial charge on any atom is 0.404 e. The predicted molar refractivity (Wildman–Crippen MR) is 56.0 cm³/mol. The van der Waals surface area contributed by atoms with E-state index in [4.69, 9.17) is 0 Å². The van der Waals surface area contributed by atoms with E-state index in [2.05, 4.69) is 0 Å². The van der Waals surface area contributed by atoms with Gasteiger partial charge in [-0.15, -0.1) is 0 Å². The molecule has 4 nitrogen and oxygen atoms in total. The molecule has 1 heterocycles. The second-order valence-electron chi connectivity index (χ2n) is 3.76. The molecule has 0 aliphatic carbocycles. The smallest absolute Gasteiger partial charge is 0.353 e. The van der Waals surface area contributed by atoms with Gasteiger partial charge in [-0.3, -0.25) is 0 Å². The molecule has 98 valence electrons. The molecule has 1 aromatic heterocycles. The average Bonchev–Trinajstić information content (AvgIpc) is 2.45. The highest BCUT2D eigenvalue weighted by Gasteiger charge is 2.39. The number of rotatable bonds is 3. The number of halogens is 3. The number of hydrogen-bond acceptors (Lipinski definition) is 2. The van der Waals surface area contributed by atoms with Crippen LogP contribution in [0.5, 0.6) is 0 Å². The van der Waals surface area contributed by atoms with Crippen LogP contribution in [0.15, 0.2) is 17.2 Å². The lowest BCUT2D eigenvalue weighted by Crippen LogP contribution is -2.43. The summed E-state index contributed by atoms with van der Waals surface area (Å²) in [7, 11) is -2.53. The Labute approximate surface area is 97.5 Å². The van der Waals surface area contributed by atoms with E-state index < -0.39 is 22.2 Å². The minimum atomic E-state index is -4.60. The molecular weight excluding hydrogens is 257 g/mol. The summed E-state index contributed by atoms with van der Waals surface area (Å²) in [5.41, 5.74) is 0.381. The van der Waals surface area contributed by atoms with E-state index in [1.807, 2.05) is 0 Å². The summed E-state index contributed by atoms with van der Waals surface area (Å²) in [5, 5.41) is 0. The maximum atomic E-state index is 12.3.